The van der Waals surface area contributed by atoms with Gasteiger partial charge in [0.25, 0.3) is 0 Å². The van der Waals surface area contributed by atoms with E-state index in [0.29, 0.717) is 0 Å². The smallest absolute Gasteiger partial charge is 0.157 e. The number of nitrogens with zero attached hydrogens (tertiary/aromatic N) is 1. The molecule has 0 aliphatic carbocycles. The number of anilines is 1. The molecule has 2 heterocycles. The number of rotatable bonds is 2. The molecule has 1 aliphatic rings. The van der Waals surface area contributed by atoms with E-state index in [9.17, 15) is 5.11 Å². The number of hydrogen-bond donors (Lipinski definition) is 2. The summed E-state index contributed by atoms with van der Waals surface area (Å²) in [6.45, 7) is 4.01. The lowest BCUT2D eigenvalue weighted by atomic mass is 10.1. The fourth-order valence-electron chi connectivity index (χ4n) is 2.36. The number of nitrogens with one attached hydrogen (secondary N) is 1. The Kier molecular flexibility index (Phi) is 4.11. The van der Waals surface area contributed by atoms with E-state index in [1.54, 1.807) is 6.26 Å². The lowest BCUT2D eigenvalue weighted by Crippen LogP contribution is -2.43. The monoisotopic (exact) mass is 268 g/mol. The maximum atomic E-state index is 9.30. The molecule has 0 saturated carbocycles. The van der Waals surface area contributed by atoms with E-state index in [4.69, 9.17) is 4.42 Å². The van der Waals surface area contributed by atoms with Crippen LogP contribution in [-0.2, 0) is 6.61 Å². The number of aliphatic hydroxyl groups is 1. The van der Waals surface area contributed by atoms with Crippen molar-refractivity contribution in [3.8, 4) is 0 Å². The lowest BCUT2D eigenvalue weighted by molar-refractivity contribution is 0.282. The molecule has 1 aliphatic heterocycles. The summed E-state index contributed by atoms with van der Waals surface area (Å²) in [6.07, 6.45) is 1.71. The fraction of sp³-hybridized carbons (Fsp3) is 0.385. The highest BCUT2D eigenvalue weighted by Gasteiger charge is 2.16. The maximum absolute atomic E-state index is 9.30. The van der Waals surface area contributed by atoms with Crippen molar-refractivity contribution < 1.29 is 9.52 Å². The summed E-state index contributed by atoms with van der Waals surface area (Å²) >= 11 is 0. The van der Waals surface area contributed by atoms with Crippen molar-refractivity contribution in [2.75, 3.05) is 31.1 Å². The lowest BCUT2D eigenvalue weighted by Gasteiger charge is -2.29. The van der Waals surface area contributed by atoms with E-state index >= 15 is 0 Å². The Labute approximate surface area is 112 Å². The van der Waals surface area contributed by atoms with Crippen LogP contribution in [0, 0.1) is 0 Å². The van der Waals surface area contributed by atoms with Gasteiger partial charge in [-0.15, -0.1) is 12.4 Å². The van der Waals surface area contributed by atoms with E-state index in [-0.39, 0.29) is 19.0 Å². The second-order valence-corrected chi connectivity index (χ2v) is 4.35. The summed E-state index contributed by atoms with van der Waals surface area (Å²) in [5, 5.41) is 13.7. The molecule has 2 aromatic rings. The molecule has 0 spiro atoms. The molecule has 0 unspecified atom stereocenters. The van der Waals surface area contributed by atoms with Crippen molar-refractivity contribution in [1.29, 1.82) is 0 Å². The van der Waals surface area contributed by atoms with Gasteiger partial charge in [-0.2, -0.15) is 0 Å². The maximum Gasteiger partial charge on any atom is 0.157 e. The first-order valence-electron chi connectivity index (χ1n) is 5.95. The zero-order valence-electron chi connectivity index (χ0n) is 10.1. The molecule has 0 radical (unpaired) electrons. The molecular weight excluding hydrogens is 252 g/mol. The molecule has 1 aromatic heterocycles. The molecular formula is C13H17ClN2O2. The number of furan rings is 1. The third-order valence-corrected chi connectivity index (χ3v) is 3.23. The number of benzene rings is 1. The van der Waals surface area contributed by atoms with Crippen LogP contribution in [0.1, 0.15) is 5.56 Å². The van der Waals surface area contributed by atoms with Crippen LogP contribution in [0.5, 0.6) is 0 Å². The fourth-order valence-corrected chi connectivity index (χ4v) is 2.36. The average molecular weight is 269 g/mol. The molecule has 98 valence electrons. The molecule has 0 amide bonds. The zero-order chi connectivity index (χ0) is 11.7. The minimum Gasteiger partial charge on any atom is -0.462 e. The average Bonchev–Trinajstić information content (AvgIpc) is 2.86. The molecule has 18 heavy (non-hydrogen) atoms. The predicted octanol–water partition coefficient (Wildman–Crippen LogP) is 1.76. The van der Waals surface area contributed by atoms with Crippen molar-refractivity contribution in [2.45, 2.75) is 6.61 Å². The number of fused-ring (bicyclic) bond motifs is 1. The highest BCUT2D eigenvalue weighted by atomic mass is 35.5. The van der Waals surface area contributed by atoms with Crippen LogP contribution >= 0.6 is 12.4 Å². The van der Waals surface area contributed by atoms with Crippen LogP contribution in [0.3, 0.4) is 0 Å². The molecule has 4 nitrogen and oxygen atoms in total. The first-order chi connectivity index (χ1) is 8.38. The van der Waals surface area contributed by atoms with Crippen LogP contribution in [0.25, 0.3) is 11.0 Å². The predicted molar refractivity (Wildman–Crippen MR) is 74.5 cm³/mol. The van der Waals surface area contributed by atoms with Crippen molar-refractivity contribution in [2.24, 2.45) is 0 Å². The number of piperazine rings is 1. The van der Waals surface area contributed by atoms with E-state index in [1.165, 1.54) is 0 Å². The summed E-state index contributed by atoms with van der Waals surface area (Å²) < 4.78 is 5.56. The topological polar surface area (TPSA) is 48.6 Å². The largest absolute Gasteiger partial charge is 0.462 e. The molecule has 1 fully saturated rings. The SMILES string of the molecule is Cl.OCc1cc(N2CCNCC2)c2occc2c1. The Bertz CT molecular complexity index is 521. The van der Waals surface area contributed by atoms with Gasteiger partial charge in [-0.3, -0.25) is 0 Å². The van der Waals surface area contributed by atoms with E-state index in [1.807, 2.05) is 18.2 Å². The third-order valence-electron chi connectivity index (χ3n) is 3.23. The Morgan fingerprint density at radius 1 is 1.28 bits per heavy atom. The van der Waals surface area contributed by atoms with Gasteiger partial charge in [0, 0.05) is 31.6 Å². The van der Waals surface area contributed by atoms with Crippen LogP contribution in [0.2, 0.25) is 0 Å². The Morgan fingerprint density at radius 3 is 2.78 bits per heavy atom. The molecule has 0 bridgehead atoms. The number of halogens is 1. The molecule has 1 aromatic carbocycles. The minimum atomic E-state index is 0. The summed E-state index contributed by atoms with van der Waals surface area (Å²) in [5.41, 5.74) is 2.95. The second-order valence-electron chi connectivity index (χ2n) is 4.35. The number of hydrogen-bond acceptors (Lipinski definition) is 4. The van der Waals surface area contributed by atoms with Crippen molar-refractivity contribution in [1.82, 2.24) is 5.32 Å². The van der Waals surface area contributed by atoms with Gasteiger partial charge in [0.15, 0.2) is 5.58 Å². The third kappa shape index (κ3) is 2.32. The molecule has 3 rings (SSSR count). The highest BCUT2D eigenvalue weighted by molar-refractivity contribution is 5.90. The zero-order valence-corrected chi connectivity index (χ0v) is 10.9. The molecule has 5 heteroatoms. The van der Waals surface area contributed by atoms with Crippen molar-refractivity contribution in [3.63, 3.8) is 0 Å². The standard InChI is InChI=1S/C13H16N2O2.ClH/c16-9-10-7-11-1-6-17-13(11)12(8-10)15-4-2-14-3-5-15;/h1,6-8,14,16H,2-5,9H2;1H. The van der Waals surface area contributed by atoms with E-state index < -0.39 is 0 Å². The van der Waals surface area contributed by atoms with E-state index in [2.05, 4.69) is 10.2 Å². The van der Waals surface area contributed by atoms with Gasteiger partial charge in [0.2, 0.25) is 0 Å². The van der Waals surface area contributed by atoms with Crippen molar-refractivity contribution in [3.05, 3.63) is 30.0 Å². The van der Waals surface area contributed by atoms with E-state index in [0.717, 1.165) is 48.4 Å². The summed E-state index contributed by atoms with van der Waals surface area (Å²) in [4.78, 5) is 2.31. The van der Waals surface area contributed by atoms with Crippen molar-refractivity contribution >= 4 is 29.1 Å². The van der Waals surface area contributed by atoms with Crippen LogP contribution in [0.15, 0.2) is 28.9 Å². The van der Waals surface area contributed by atoms with Gasteiger partial charge in [-0.05, 0) is 23.8 Å². The molecule has 1 saturated heterocycles. The summed E-state index contributed by atoms with van der Waals surface area (Å²) in [7, 11) is 0. The van der Waals surface area contributed by atoms with Gasteiger partial charge in [-0.25, -0.2) is 0 Å². The minimum absolute atomic E-state index is 0. The van der Waals surface area contributed by atoms with Gasteiger partial charge in [-0.1, -0.05) is 0 Å². The Balaban J connectivity index is 0.00000120. The number of aliphatic hydroxyl groups excluding tert-OH is 1. The normalized spacial score (nSPS) is 15.7. The molecule has 0 atom stereocenters. The van der Waals surface area contributed by atoms with Gasteiger partial charge in [0.05, 0.1) is 18.6 Å². The Hall–Kier alpha value is -1.23. The van der Waals surface area contributed by atoms with Crippen LogP contribution in [-0.4, -0.2) is 31.3 Å². The van der Waals surface area contributed by atoms with Crippen LogP contribution in [0.4, 0.5) is 5.69 Å². The van der Waals surface area contributed by atoms with Gasteiger partial charge >= 0.3 is 0 Å². The Morgan fingerprint density at radius 2 is 2.06 bits per heavy atom. The highest BCUT2D eigenvalue weighted by Crippen LogP contribution is 2.30. The summed E-state index contributed by atoms with van der Waals surface area (Å²) in [6, 6.07) is 5.95. The van der Waals surface area contributed by atoms with Crippen LogP contribution < -0.4 is 10.2 Å². The first-order valence-corrected chi connectivity index (χ1v) is 5.95. The molecule has 2 N–H and O–H groups in total. The first kappa shape index (κ1) is 13.2. The summed E-state index contributed by atoms with van der Waals surface area (Å²) in [5.74, 6) is 0. The second kappa shape index (κ2) is 5.61. The quantitative estimate of drug-likeness (QED) is 0.871. The van der Waals surface area contributed by atoms with Gasteiger partial charge in [0.1, 0.15) is 0 Å². The van der Waals surface area contributed by atoms with Gasteiger partial charge < -0.3 is 19.7 Å².